The van der Waals surface area contributed by atoms with Crippen molar-refractivity contribution in [3.8, 4) is 0 Å². The molecule has 4 nitrogen and oxygen atoms in total. The molecule has 18 heavy (non-hydrogen) atoms. The van der Waals surface area contributed by atoms with E-state index in [1.165, 1.54) is 18.6 Å². The number of hydrogen-bond donors (Lipinski definition) is 1. The number of pyridine rings is 1. The van der Waals surface area contributed by atoms with Crippen molar-refractivity contribution < 1.29 is 13.2 Å². The van der Waals surface area contributed by atoms with Crippen LogP contribution >= 0.6 is 11.8 Å². The van der Waals surface area contributed by atoms with Gasteiger partial charge in [0.25, 0.3) is 0 Å². The highest BCUT2D eigenvalue weighted by atomic mass is 32.2. The molecule has 2 aromatic rings. The quantitative estimate of drug-likeness (QED) is 0.910. The number of alkyl halides is 3. The summed E-state index contributed by atoms with van der Waals surface area (Å²) < 4.78 is 37.7. The van der Waals surface area contributed by atoms with Crippen LogP contribution < -0.4 is 5.73 Å². The van der Waals surface area contributed by atoms with Gasteiger partial charge in [-0.05, 0) is 23.9 Å². The molecule has 0 amide bonds. The van der Waals surface area contributed by atoms with E-state index < -0.39 is 11.7 Å². The molecule has 2 N–H and O–H groups in total. The number of rotatable bonds is 2. The monoisotopic (exact) mass is 272 g/mol. The van der Waals surface area contributed by atoms with Crippen molar-refractivity contribution in [2.24, 2.45) is 0 Å². The highest BCUT2D eigenvalue weighted by molar-refractivity contribution is 7.99. The Morgan fingerprint density at radius 1 is 1.11 bits per heavy atom. The van der Waals surface area contributed by atoms with Crippen molar-refractivity contribution >= 4 is 17.6 Å². The van der Waals surface area contributed by atoms with E-state index >= 15 is 0 Å². The number of hydrogen-bond acceptors (Lipinski definition) is 5. The summed E-state index contributed by atoms with van der Waals surface area (Å²) in [6.07, 6.45) is -0.102. The Balaban J connectivity index is 2.32. The van der Waals surface area contributed by atoms with E-state index in [-0.39, 0.29) is 10.8 Å². The fourth-order valence-electron chi connectivity index (χ4n) is 1.19. The molecule has 2 rings (SSSR count). The van der Waals surface area contributed by atoms with E-state index in [1.54, 1.807) is 0 Å². The zero-order valence-electron chi connectivity index (χ0n) is 8.85. The molecule has 0 spiro atoms. The number of anilines is 1. The Morgan fingerprint density at radius 3 is 2.50 bits per heavy atom. The third-order valence-corrected chi connectivity index (χ3v) is 2.74. The molecule has 8 heteroatoms. The minimum absolute atomic E-state index is 0.128. The maximum absolute atomic E-state index is 12.6. The third kappa shape index (κ3) is 3.10. The van der Waals surface area contributed by atoms with Crippen LogP contribution in [-0.2, 0) is 6.18 Å². The first-order chi connectivity index (χ1) is 8.45. The van der Waals surface area contributed by atoms with Gasteiger partial charge < -0.3 is 5.73 Å². The van der Waals surface area contributed by atoms with E-state index in [0.717, 1.165) is 23.9 Å². The lowest BCUT2D eigenvalue weighted by atomic mass is 10.2. The predicted octanol–water partition coefficient (Wildman–Crippen LogP) is 2.62. The van der Waals surface area contributed by atoms with Gasteiger partial charge in [0.1, 0.15) is 15.9 Å². The second-order valence-electron chi connectivity index (χ2n) is 3.26. The second-order valence-corrected chi connectivity index (χ2v) is 4.30. The maximum atomic E-state index is 12.6. The molecule has 0 aliphatic carbocycles. The molecule has 0 fully saturated rings. The Kier molecular flexibility index (Phi) is 3.37. The third-order valence-electron chi connectivity index (χ3n) is 1.90. The van der Waals surface area contributed by atoms with Gasteiger partial charge in [-0.25, -0.2) is 9.97 Å². The lowest BCUT2D eigenvalue weighted by Crippen LogP contribution is -2.07. The molecule has 94 valence electrons. The van der Waals surface area contributed by atoms with Gasteiger partial charge in [0.05, 0.1) is 11.8 Å². The average molecular weight is 272 g/mol. The Morgan fingerprint density at radius 2 is 1.89 bits per heavy atom. The minimum atomic E-state index is -4.45. The summed E-state index contributed by atoms with van der Waals surface area (Å²) in [5.74, 6) is -0.184. The number of nitrogen functional groups attached to an aromatic ring is 1. The summed E-state index contributed by atoms with van der Waals surface area (Å²) >= 11 is 0.967. The van der Waals surface area contributed by atoms with Crippen LogP contribution in [0.15, 0.2) is 40.8 Å². The maximum Gasteiger partial charge on any atom is 0.416 e. The molecular weight excluding hydrogens is 265 g/mol. The molecular formula is C10H7F3N4S. The van der Waals surface area contributed by atoms with Gasteiger partial charge >= 0.3 is 6.18 Å². The lowest BCUT2D eigenvalue weighted by Gasteiger charge is -2.08. The van der Waals surface area contributed by atoms with Crippen LogP contribution in [-0.4, -0.2) is 15.0 Å². The zero-order chi connectivity index (χ0) is 13.2. The lowest BCUT2D eigenvalue weighted by molar-refractivity contribution is -0.137. The molecule has 0 radical (unpaired) electrons. The summed E-state index contributed by atoms with van der Waals surface area (Å²) in [5, 5.41) is 0.576. The van der Waals surface area contributed by atoms with Crippen molar-refractivity contribution in [2.45, 2.75) is 16.2 Å². The summed E-state index contributed by atoms with van der Waals surface area (Å²) in [7, 11) is 0. The summed E-state index contributed by atoms with van der Waals surface area (Å²) in [6.45, 7) is 0. The van der Waals surface area contributed by atoms with Gasteiger partial charge in [0, 0.05) is 12.4 Å². The number of nitrogens with two attached hydrogens (primary N) is 1. The molecule has 0 aromatic carbocycles. The standard InChI is InChI=1S/C10H7F3N4S/c11-10(12,13)6-3-7(14)17-8(4-6)18-9-5-15-1-2-16-9/h1-5H,(H2,14,17). The number of nitrogens with zero attached hydrogens (tertiary/aromatic N) is 3. The molecule has 0 unspecified atom stereocenters. The average Bonchev–Trinajstić information content (AvgIpc) is 2.28. The van der Waals surface area contributed by atoms with Crippen molar-refractivity contribution in [3.05, 3.63) is 36.3 Å². The predicted molar refractivity (Wildman–Crippen MR) is 59.8 cm³/mol. The van der Waals surface area contributed by atoms with Gasteiger partial charge in [-0.3, -0.25) is 4.98 Å². The summed E-state index contributed by atoms with van der Waals surface area (Å²) in [5.41, 5.74) is 4.52. The van der Waals surface area contributed by atoms with E-state index in [9.17, 15) is 13.2 Å². The fourth-order valence-corrected chi connectivity index (χ4v) is 1.97. The van der Waals surface area contributed by atoms with Gasteiger partial charge in [-0.15, -0.1) is 0 Å². The SMILES string of the molecule is Nc1cc(C(F)(F)F)cc(Sc2cnccn2)n1. The van der Waals surface area contributed by atoms with E-state index in [1.807, 2.05) is 0 Å². The van der Waals surface area contributed by atoms with Gasteiger partial charge in [0.2, 0.25) is 0 Å². The molecule has 2 aromatic heterocycles. The Labute approximate surface area is 104 Å². The highest BCUT2D eigenvalue weighted by Gasteiger charge is 2.31. The Bertz CT molecular complexity index is 545. The first-order valence-electron chi connectivity index (χ1n) is 4.74. The van der Waals surface area contributed by atoms with Crippen molar-refractivity contribution in [3.63, 3.8) is 0 Å². The van der Waals surface area contributed by atoms with Crippen molar-refractivity contribution in [2.75, 3.05) is 5.73 Å². The topological polar surface area (TPSA) is 64.7 Å². The van der Waals surface area contributed by atoms with E-state index in [4.69, 9.17) is 5.73 Å². The van der Waals surface area contributed by atoms with E-state index in [2.05, 4.69) is 15.0 Å². The highest BCUT2D eigenvalue weighted by Crippen LogP contribution is 2.33. The van der Waals surface area contributed by atoms with Crippen molar-refractivity contribution in [1.29, 1.82) is 0 Å². The van der Waals surface area contributed by atoms with Crippen LogP contribution in [0.4, 0.5) is 19.0 Å². The van der Waals surface area contributed by atoms with Gasteiger partial charge in [-0.1, -0.05) is 0 Å². The van der Waals surface area contributed by atoms with Crippen LogP contribution in [0.1, 0.15) is 5.56 Å². The summed E-state index contributed by atoms with van der Waals surface area (Å²) in [6, 6.07) is 1.72. The number of halogens is 3. The molecule has 0 aliphatic rings. The van der Waals surface area contributed by atoms with Crippen LogP contribution in [0.5, 0.6) is 0 Å². The minimum Gasteiger partial charge on any atom is -0.384 e. The second kappa shape index (κ2) is 4.81. The van der Waals surface area contributed by atoms with Crippen LogP contribution in [0.3, 0.4) is 0 Å². The Hall–Kier alpha value is -1.83. The normalized spacial score (nSPS) is 11.5. The first-order valence-corrected chi connectivity index (χ1v) is 5.55. The largest absolute Gasteiger partial charge is 0.416 e. The molecule has 2 heterocycles. The smallest absolute Gasteiger partial charge is 0.384 e. The fraction of sp³-hybridized carbons (Fsp3) is 0.100. The van der Waals surface area contributed by atoms with Crippen LogP contribution in [0, 0.1) is 0 Å². The first kappa shape index (κ1) is 12.6. The molecule has 0 bridgehead atoms. The molecule has 0 saturated heterocycles. The summed E-state index contributed by atoms with van der Waals surface area (Å²) in [4.78, 5) is 11.6. The van der Waals surface area contributed by atoms with Crippen LogP contribution in [0.2, 0.25) is 0 Å². The molecule has 0 aliphatic heterocycles. The zero-order valence-corrected chi connectivity index (χ0v) is 9.66. The van der Waals surface area contributed by atoms with Crippen LogP contribution in [0.25, 0.3) is 0 Å². The van der Waals surface area contributed by atoms with Gasteiger partial charge in [-0.2, -0.15) is 13.2 Å². The van der Waals surface area contributed by atoms with Crippen molar-refractivity contribution in [1.82, 2.24) is 15.0 Å². The van der Waals surface area contributed by atoms with Gasteiger partial charge in [0.15, 0.2) is 0 Å². The molecule has 0 atom stereocenters. The molecule has 0 saturated carbocycles. The van der Waals surface area contributed by atoms with E-state index in [0.29, 0.717) is 5.03 Å². The number of aromatic nitrogens is 3.